The molecule has 2 aromatic rings. The van der Waals surface area contributed by atoms with Gasteiger partial charge in [0.1, 0.15) is 5.82 Å². The number of carbonyl (C=O) groups excluding carboxylic acids is 1. The van der Waals surface area contributed by atoms with E-state index in [1.54, 1.807) is 18.1 Å². The molecular formula is C16H17ClN4O. The van der Waals surface area contributed by atoms with Crippen LogP contribution < -0.4 is 10.6 Å². The first-order valence-corrected chi connectivity index (χ1v) is 7.45. The zero-order valence-electron chi connectivity index (χ0n) is 12.5. The Morgan fingerprint density at radius 1 is 1.32 bits per heavy atom. The zero-order valence-corrected chi connectivity index (χ0v) is 13.2. The van der Waals surface area contributed by atoms with Crippen molar-refractivity contribution in [3.63, 3.8) is 0 Å². The third-order valence-corrected chi connectivity index (χ3v) is 4.11. The molecule has 0 aliphatic carbocycles. The quantitative estimate of drug-likeness (QED) is 0.913. The van der Waals surface area contributed by atoms with Gasteiger partial charge < -0.3 is 15.5 Å². The van der Waals surface area contributed by atoms with Crippen molar-refractivity contribution in [3.05, 3.63) is 46.6 Å². The van der Waals surface area contributed by atoms with Crippen LogP contribution in [0.1, 0.15) is 15.9 Å². The van der Waals surface area contributed by atoms with Crippen LogP contribution in [0.25, 0.3) is 0 Å². The predicted octanol–water partition coefficient (Wildman–Crippen LogP) is 3.15. The SMILES string of the molecule is CNc1cc(Nc2cccc3c2C(=O)N(C)CC3)c(Cl)cn1. The number of nitrogens with zero attached hydrogens (tertiary/aromatic N) is 2. The first-order chi connectivity index (χ1) is 10.6. The lowest BCUT2D eigenvalue weighted by molar-refractivity contribution is 0.0782. The number of hydrogen-bond donors (Lipinski definition) is 2. The molecule has 0 fully saturated rings. The van der Waals surface area contributed by atoms with E-state index in [-0.39, 0.29) is 5.91 Å². The number of halogens is 1. The number of aromatic nitrogens is 1. The number of anilines is 3. The Balaban J connectivity index is 2.02. The average molecular weight is 317 g/mol. The highest BCUT2D eigenvalue weighted by Crippen LogP contribution is 2.31. The molecule has 1 aromatic heterocycles. The number of benzene rings is 1. The number of rotatable bonds is 3. The molecule has 0 bridgehead atoms. The molecule has 0 radical (unpaired) electrons. The standard InChI is InChI=1S/C16H17ClN4O/c1-18-14-8-13(11(17)9-19-14)20-12-5-3-4-10-6-7-21(2)16(22)15(10)12/h3-5,8-9H,6-7H2,1-2H3,(H2,18,19,20). The molecule has 1 amide bonds. The van der Waals surface area contributed by atoms with E-state index in [0.29, 0.717) is 10.8 Å². The van der Waals surface area contributed by atoms with Crippen LogP contribution in [0.2, 0.25) is 5.02 Å². The van der Waals surface area contributed by atoms with Gasteiger partial charge in [-0.1, -0.05) is 23.7 Å². The van der Waals surface area contributed by atoms with E-state index >= 15 is 0 Å². The lowest BCUT2D eigenvalue weighted by Gasteiger charge is -2.27. The van der Waals surface area contributed by atoms with Gasteiger partial charge in [-0.15, -0.1) is 0 Å². The van der Waals surface area contributed by atoms with Crippen LogP contribution in [-0.2, 0) is 6.42 Å². The summed E-state index contributed by atoms with van der Waals surface area (Å²) in [6.07, 6.45) is 2.44. The summed E-state index contributed by atoms with van der Waals surface area (Å²) in [5.41, 5.74) is 3.27. The Bertz CT molecular complexity index is 732. The van der Waals surface area contributed by atoms with Crippen LogP contribution in [0.15, 0.2) is 30.5 Å². The molecule has 0 spiro atoms. The Morgan fingerprint density at radius 2 is 2.14 bits per heavy atom. The molecule has 114 valence electrons. The summed E-state index contributed by atoms with van der Waals surface area (Å²) in [5.74, 6) is 0.739. The molecule has 0 atom stereocenters. The van der Waals surface area contributed by atoms with E-state index < -0.39 is 0 Å². The fourth-order valence-corrected chi connectivity index (χ4v) is 2.71. The first-order valence-electron chi connectivity index (χ1n) is 7.08. The van der Waals surface area contributed by atoms with E-state index in [1.165, 1.54) is 0 Å². The van der Waals surface area contributed by atoms with E-state index in [2.05, 4.69) is 15.6 Å². The van der Waals surface area contributed by atoms with Gasteiger partial charge in [0.25, 0.3) is 5.91 Å². The third-order valence-electron chi connectivity index (χ3n) is 3.81. The number of fused-ring (bicyclic) bond motifs is 1. The molecular weight excluding hydrogens is 300 g/mol. The Labute approximate surface area is 134 Å². The number of carbonyl (C=O) groups is 1. The largest absolute Gasteiger partial charge is 0.373 e. The molecule has 2 N–H and O–H groups in total. The van der Waals surface area contributed by atoms with Gasteiger partial charge in [-0.3, -0.25) is 4.79 Å². The summed E-state index contributed by atoms with van der Waals surface area (Å²) in [6, 6.07) is 7.66. The average Bonchev–Trinajstić information content (AvgIpc) is 2.53. The number of amides is 1. The second-order valence-corrected chi connectivity index (χ2v) is 5.65. The van der Waals surface area contributed by atoms with Crippen molar-refractivity contribution in [1.29, 1.82) is 0 Å². The smallest absolute Gasteiger partial charge is 0.255 e. The summed E-state index contributed by atoms with van der Waals surface area (Å²) < 4.78 is 0. The van der Waals surface area contributed by atoms with E-state index in [1.807, 2.05) is 31.3 Å². The maximum Gasteiger partial charge on any atom is 0.255 e. The molecule has 0 unspecified atom stereocenters. The van der Waals surface area contributed by atoms with E-state index in [0.717, 1.165) is 35.5 Å². The topological polar surface area (TPSA) is 57.3 Å². The predicted molar refractivity (Wildman–Crippen MR) is 89.2 cm³/mol. The van der Waals surface area contributed by atoms with Gasteiger partial charge in [0.15, 0.2) is 0 Å². The van der Waals surface area contributed by atoms with Crippen LogP contribution in [-0.4, -0.2) is 36.4 Å². The van der Waals surface area contributed by atoms with Crippen molar-refractivity contribution in [2.45, 2.75) is 6.42 Å². The molecule has 2 heterocycles. The summed E-state index contributed by atoms with van der Waals surface area (Å²) >= 11 is 6.20. The molecule has 1 aliphatic rings. The van der Waals surface area contributed by atoms with Crippen molar-refractivity contribution in [2.75, 3.05) is 31.3 Å². The highest BCUT2D eigenvalue weighted by atomic mass is 35.5. The fraction of sp³-hybridized carbons (Fsp3) is 0.250. The molecule has 0 saturated heterocycles. The molecule has 1 aliphatic heterocycles. The van der Waals surface area contributed by atoms with Gasteiger partial charge in [0, 0.05) is 26.7 Å². The zero-order chi connectivity index (χ0) is 15.7. The monoisotopic (exact) mass is 316 g/mol. The minimum Gasteiger partial charge on any atom is -0.373 e. The summed E-state index contributed by atoms with van der Waals surface area (Å²) in [4.78, 5) is 18.4. The highest BCUT2D eigenvalue weighted by Gasteiger charge is 2.24. The minimum atomic E-state index is 0.0309. The second kappa shape index (κ2) is 5.85. The van der Waals surface area contributed by atoms with Crippen LogP contribution in [0.3, 0.4) is 0 Å². The Hall–Kier alpha value is -2.27. The van der Waals surface area contributed by atoms with Gasteiger partial charge >= 0.3 is 0 Å². The first kappa shape index (κ1) is 14.7. The van der Waals surface area contributed by atoms with Crippen LogP contribution >= 0.6 is 11.6 Å². The number of hydrogen-bond acceptors (Lipinski definition) is 4. The van der Waals surface area contributed by atoms with Gasteiger partial charge in [-0.05, 0) is 18.1 Å². The Morgan fingerprint density at radius 3 is 2.91 bits per heavy atom. The maximum absolute atomic E-state index is 12.5. The fourth-order valence-electron chi connectivity index (χ4n) is 2.56. The van der Waals surface area contributed by atoms with Crippen LogP contribution in [0, 0.1) is 0 Å². The van der Waals surface area contributed by atoms with Crippen molar-refractivity contribution >= 4 is 34.7 Å². The molecule has 3 rings (SSSR count). The molecule has 5 nitrogen and oxygen atoms in total. The van der Waals surface area contributed by atoms with Crippen molar-refractivity contribution < 1.29 is 4.79 Å². The van der Waals surface area contributed by atoms with Crippen molar-refractivity contribution in [1.82, 2.24) is 9.88 Å². The summed E-state index contributed by atoms with van der Waals surface area (Å²) in [6.45, 7) is 0.745. The lowest BCUT2D eigenvalue weighted by Crippen LogP contribution is -2.34. The Kier molecular flexibility index (Phi) is 3.90. The van der Waals surface area contributed by atoms with Gasteiger partial charge in [-0.2, -0.15) is 0 Å². The lowest BCUT2D eigenvalue weighted by atomic mass is 9.97. The van der Waals surface area contributed by atoms with Gasteiger partial charge in [0.2, 0.25) is 0 Å². The second-order valence-electron chi connectivity index (χ2n) is 5.24. The molecule has 1 aromatic carbocycles. The molecule has 22 heavy (non-hydrogen) atoms. The highest BCUT2D eigenvalue weighted by molar-refractivity contribution is 6.33. The van der Waals surface area contributed by atoms with Crippen LogP contribution in [0.5, 0.6) is 0 Å². The maximum atomic E-state index is 12.5. The normalized spacial score (nSPS) is 13.8. The van der Waals surface area contributed by atoms with Crippen molar-refractivity contribution in [2.24, 2.45) is 0 Å². The molecule has 0 saturated carbocycles. The van der Waals surface area contributed by atoms with Crippen molar-refractivity contribution in [3.8, 4) is 0 Å². The number of pyridine rings is 1. The van der Waals surface area contributed by atoms with E-state index in [9.17, 15) is 4.79 Å². The third kappa shape index (κ3) is 2.60. The van der Waals surface area contributed by atoms with Crippen LogP contribution in [0.4, 0.5) is 17.2 Å². The van der Waals surface area contributed by atoms with Gasteiger partial charge in [0.05, 0.1) is 28.2 Å². The number of likely N-dealkylation sites (N-methyl/N-ethyl adjacent to an activating group) is 1. The van der Waals surface area contributed by atoms with E-state index in [4.69, 9.17) is 11.6 Å². The summed E-state index contributed by atoms with van der Waals surface area (Å²) in [7, 11) is 3.61. The van der Waals surface area contributed by atoms with Gasteiger partial charge in [-0.25, -0.2) is 4.98 Å². The number of nitrogens with one attached hydrogen (secondary N) is 2. The minimum absolute atomic E-state index is 0.0309. The molecule has 6 heteroatoms. The summed E-state index contributed by atoms with van der Waals surface area (Å²) in [5, 5.41) is 6.75.